The molecule has 2 aromatic rings. The van der Waals surface area contributed by atoms with E-state index in [9.17, 15) is 13.2 Å². The Morgan fingerprint density at radius 3 is 2.21 bits per heavy atom. The van der Waals surface area contributed by atoms with Crippen LogP contribution < -0.4 is 18.9 Å². The molecule has 0 unspecified atom stereocenters. The van der Waals surface area contributed by atoms with Gasteiger partial charge < -0.3 is 14.2 Å². The summed E-state index contributed by atoms with van der Waals surface area (Å²) in [6.45, 7) is 0. The van der Waals surface area contributed by atoms with Crippen LogP contribution in [0.2, 0.25) is 0 Å². The molecule has 0 fully saturated rings. The zero-order chi connectivity index (χ0) is 17.7. The Morgan fingerprint density at radius 1 is 1.08 bits per heavy atom. The second-order valence-electron chi connectivity index (χ2n) is 4.54. The Hall–Kier alpha value is -2.88. The molecule has 0 bridgehead atoms. The van der Waals surface area contributed by atoms with Gasteiger partial charge in [0, 0.05) is 0 Å². The number of benzene rings is 1. The number of hydrogen-bond donors (Lipinski definition) is 1. The lowest BCUT2D eigenvalue weighted by Gasteiger charge is -2.10. The fraction of sp³-hybridized carbons (Fsp3) is 0.214. The van der Waals surface area contributed by atoms with Gasteiger partial charge in [0.25, 0.3) is 5.91 Å². The first-order chi connectivity index (χ1) is 11.3. The van der Waals surface area contributed by atoms with Crippen molar-refractivity contribution in [3.8, 4) is 23.5 Å². The maximum absolute atomic E-state index is 12.1. The van der Waals surface area contributed by atoms with E-state index in [4.69, 9.17) is 14.2 Å². The molecule has 9 nitrogen and oxygen atoms in total. The van der Waals surface area contributed by atoms with Gasteiger partial charge in [-0.3, -0.25) is 4.79 Å². The number of para-hydroxylation sites is 1. The number of amides is 1. The molecule has 0 atom stereocenters. The van der Waals surface area contributed by atoms with Crippen molar-refractivity contribution in [2.45, 2.75) is 0 Å². The second-order valence-corrected chi connectivity index (χ2v) is 6.29. The summed E-state index contributed by atoms with van der Waals surface area (Å²) in [6, 6.07) is 7.40. The number of carbonyl (C=O) groups excluding carboxylic acids is 1. The third kappa shape index (κ3) is 4.56. The molecule has 0 radical (unpaired) electrons. The van der Waals surface area contributed by atoms with Crippen LogP contribution in [0.4, 0.5) is 0 Å². The second kappa shape index (κ2) is 7.13. The van der Waals surface area contributed by atoms with Gasteiger partial charge in [0.15, 0.2) is 0 Å². The van der Waals surface area contributed by atoms with Crippen molar-refractivity contribution in [3.63, 3.8) is 0 Å². The van der Waals surface area contributed by atoms with Crippen molar-refractivity contribution in [3.05, 3.63) is 35.9 Å². The van der Waals surface area contributed by atoms with Gasteiger partial charge in [0.2, 0.25) is 21.8 Å². The van der Waals surface area contributed by atoms with Crippen LogP contribution in [0.15, 0.2) is 30.3 Å². The van der Waals surface area contributed by atoms with E-state index in [1.165, 1.54) is 32.4 Å². The molecule has 0 aliphatic rings. The molecule has 24 heavy (non-hydrogen) atoms. The molecule has 128 valence electrons. The van der Waals surface area contributed by atoms with Crippen LogP contribution in [0.25, 0.3) is 0 Å². The average molecular weight is 353 g/mol. The standard InChI is InChI=1S/C14H15N3O6S/c1-21-11-8-12(22-2)16-14(15-11)23-10-7-5-4-6-9(10)13(18)17-24(3,19)20/h4-8H,1-3H3,(H,17,18). The Kier molecular flexibility index (Phi) is 5.19. The van der Waals surface area contributed by atoms with Crippen molar-refractivity contribution in [2.75, 3.05) is 20.5 Å². The highest BCUT2D eigenvalue weighted by atomic mass is 32.2. The third-order valence-corrected chi connectivity index (χ3v) is 3.24. The molecule has 1 aromatic carbocycles. The van der Waals surface area contributed by atoms with Crippen molar-refractivity contribution in [1.82, 2.24) is 14.7 Å². The Morgan fingerprint density at radius 2 is 1.67 bits per heavy atom. The van der Waals surface area contributed by atoms with Crippen LogP contribution in [0.5, 0.6) is 23.5 Å². The van der Waals surface area contributed by atoms with Crippen LogP contribution in [-0.2, 0) is 10.0 Å². The molecule has 1 amide bonds. The Labute approximate surface area is 138 Å². The van der Waals surface area contributed by atoms with Gasteiger partial charge in [0.1, 0.15) is 5.75 Å². The smallest absolute Gasteiger partial charge is 0.328 e. The number of methoxy groups -OCH3 is 2. The SMILES string of the molecule is COc1cc(OC)nc(Oc2ccccc2C(=O)NS(C)(=O)=O)n1. The minimum absolute atomic E-state index is 0.00770. The molecule has 0 saturated heterocycles. The molecule has 1 aromatic heterocycles. The van der Waals surface area contributed by atoms with Crippen LogP contribution in [0.3, 0.4) is 0 Å². The predicted molar refractivity (Wildman–Crippen MR) is 84.0 cm³/mol. The first-order valence-corrected chi connectivity index (χ1v) is 8.47. The van der Waals surface area contributed by atoms with Gasteiger partial charge in [-0.1, -0.05) is 12.1 Å². The maximum Gasteiger partial charge on any atom is 0.328 e. The highest BCUT2D eigenvalue weighted by Gasteiger charge is 2.17. The number of rotatable bonds is 6. The van der Waals surface area contributed by atoms with Crippen LogP contribution >= 0.6 is 0 Å². The molecule has 1 heterocycles. The predicted octanol–water partition coefficient (Wildman–Crippen LogP) is 0.975. The minimum atomic E-state index is -3.71. The van der Waals surface area contributed by atoms with E-state index in [1.54, 1.807) is 12.1 Å². The van der Waals surface area contributed by atoms with E-state index in [2.05, 4.69) is 9.97 Å². The van der Waals surface area contributed by atoms with E-state index in [1.807, 2.05) is 4.72 Å². The number of nitrogens with zero attached hydrogens (tertiary/aromatic N) is 2. The Balaban J connectivity index is 2.36. The van der Waals surface area contributed by atoms with E-state index in [-0.39, 0.29) is 29.1 Å². The molecule has 1 N–H and O–H groups in total. The normalized spacial score (nSPS) is 10.8. The monoisotopic (exact) mass is 353 g/mol. The van der Waals surface area contributed by atoms with Crippen LogP contribution in [0.1, 0.15) is 10.4 Å². The third-order valence-electron chi connectivity index (χ3n) is 2.69. The summed E-state index contributed by atoms with van der Waals surface area (Å²) in [5, 5.41) is 0. The molecule has 0 saturated carbocycles. The number of ether oxygens (including phenoxy) is 3. The fourth-order valence-electron chi connectivity index (χ4n) is 1.70. The van der Waals surface area contributed by atoms with Crippen molar-refractivity contribution in [1.29, 1.82) is 0 Å². The highest BCUT2D eigenvalue weighted by molar-refractivity contribution is 7.89. The van der Waals surface area contributed by atoms with Gasteiger partial charge in [-0.2, -0.15) is 9.97 Å². The number of hydrogen-bond acceptors (Lipinski definition) is 8. The number of nitrogens with one attached hydrogen (secondary N) is 1. The summed E-state index contributed by atoms with van der Waals surface area (Å²) in [4.78, 5) is 20.0. The lowest BCUT2D eigenvalue weighted by atomic mass is 10.2. The van der Waals surface area contributed by atoms with Crippen molar-refractivity contribution < 1.29 is 27.4 Å². The summed E-state index contributed by atoms with van der Waals surface area (Å²) in [6.07, 6.45) is 0.879. The van der Waals surface area contributed by atoms with Crippen molar-refractivity contribution >= 4 is 15.9 Å². The first-order valence-electron chi connectivity index (χ1n) is 6.58. The summed E-state index contributed by atoms with van der Waals surface area (Å²) in [5.74, 6) is -0.346. The summed E-state index contributed by atoms with van der Waals surface area (Å²) >= 11 is 0. The first kappa shape index (κ1) is 17.5. The quantitative estimate of drug-likeness (QED) is 0.816. The molecular formula is C14H15N3O6S. The lowest BCUT2D eigenvalue weighted by Crippen LogP contribution is -2.29. The van der Waals surface area contributed by atoms with Crippen LogP contribution in [0, 0.1) is 0 Å². The van der Waals surface area contributed by atoms with Gasteiger partial charge in [-0.25, -0.2) is 13.1 Å². The Bertz CT molecular complexity index is 831. The van der Waals surface area contributed by atoms with E-state index in [0.717, 1.165) is 6.26 Å². The van der Waals surface area contributed by atoms with Crippen molar-refractivity contribution in [2.24, 2.45) is 0 Å². The number of carbonyl (C=O) groups is 1. The van der Waals surface area contributed by atoms with Gasteiger partial charge in [0.05, 0.1) is 32.1 Å². The lowest BCUT2D eigenvalue weighted by molar-refractivity contribution is 0.0979. The molecule has 10 heteroatoms. The van der Waals surface area contributed by atoms with Crippen LogP contribution in [-0.4, -0.2) is 44.8 Å². The number of sulfonamides is 1. The van der Waals surface area contributed by atoms with E-state index in [0.29, 0.717) is 0 Å². The largest absolute Gasteiger partial charge is 0.481 e. The molecular weight excluding hydrogens is 338 g/mol. The molecule has 0 aliphatic heterocycles. The highest BCUT2D eigenvalue weighted by Crippen LogP contribution is 2.26. The summed E-state index contributed by atoms with van der Waals surface area (Å²) in [5.41, 5.74) is 0.00770. The zero-order valence-electron chi connectivity index (χ0n) is 13.1. The molecule has 0 aliphatic carbocycles. The van der Waals surface area contributed by atoms with Gasteiger partial charge >= 0.3 is 6.01 Å². The fourth-order valence-corrected chi connectivity index (χ4v) is 2.15. The van der Waals surface area contributed by atoms with Gasteiger partial charge in [-0.05, 0) is 12.1 Å². The summed E-state index contributed by atoms with van der Waals surface area (Å²) in [7, 11) is -0.877. The molecule has 2 rings (SSSR count). The molecule has 0 spiro atoms. The topological polar surface area (TPSA) is 117 Å². The van der Waals surface area contributed by atoms with E-state index >= 15 is 0 Å². The van der Waals surface area contributed by atoms with E-state index < -0.39 is 15.9 Å². The minimum Gasteiger partial charge on any atom is -0.481 e. The van der Waals surface area contributed by atoms with Gasteiger partial charge in [-0.15, -0.1) is 0 Å². The number of aromatic nitrogens is 2. The average Bonchev–Trinajstić information content (AvgIpc) is 2.53. The summed E-state index contributed by atoms with van der Waals surface area (Å²) < 4.78 is 39.8. The maximum atomic E-state index is 12.1. The zero-order valence-corrected chi connectivity index (χ0v) is 14.0.